The molecule has 0 saturated heterocycles. The number of fused-ring (bicyclic) bond motifs is 1. The number of nitriles is 1. The summed E-state index contributed by atoms with van der Waals surface area (Å²) >= 11 is 0. The number of hydrogen-bond donors (Lipinski definition) is 1. The first-order chi connectivity index (χ1) is 10.0. The standard InChI is InChI=1S/C15H10F2N4/c1-8-2-3-9(7-18)6-12(8)21-14-11(20-15(21)19)5-4-10(16)13(14)17/h2-6H,1H3,(H2,19,20). The van der Waals surface area contributed by atoms with Gasteiger partial charge in [-0.25, -0.2) is 13.8 Å². The second kappa shape index (κ2) is 4.56. The van der Waals surface area contributed by atoms with Crippen molar-refractivity contribution in [3.05, 3.63) is 53.1 Å². The smallest absolute Gasteiger partial charge is 0.206 e. The summed E-state index contributed by atoms with van der Waals surface area (Å²) in [6.45, 7) is 1.79. The number of nitrogens with zero attached hydrogens (tertiary/aromatic N) is 3. The van der Waals surface area contributed by atoms with E-state index in [9.17, 15) is 8.78 Å². The van der Waals surface area contributed by atoms with E-state index < -0.39 is 11.6 Å². The summed E-state index contributed by atoms with van der Waals surface area (Å²) in [5, 5.41) is 8.99. The number of imidazole rings is 1. The van der Waals surface area contributed by atoms with Crippen molar-refractivity contribution in [1.82, 2.24) is 9.55 Å². The van der Waals surface area contributed by atoms with Crippen LogP contribution in [0.3, 0.4) is 0 Å². The Balaban J connectivity index is 2.43. The number of halogens is 2. The molecule has 0 saturated carbocycles. The number of nitrogen functional groups attached to an aromatic ring is 1. The van der Waals surface area contributed by atoms with Crippen LogP contribution < -0.4 is 5.73 Å². The van der Waals surface area contributed by atoms with Crippen LogP contribution in [0.25, 0.3) is 16.7 Å². The molecule has 3 aromatic rings. The molecule has 0 radical (unpaired) electrons. The van der Waals surface area contributed by atoms with Crippen molar-refractivity contribution in [3.63, 3.8) is 0 Å². The number of anilines is 1. The van der Waals surface area contributed by atoms with Crippen molar-refractivity contribution >= 4 is 17.0 Å². The van der Waals surface area contributed by atoms with Gasteiger partial charge < -0.3 is 5.73 Å². The van der Waals surface area contributed by atoms with E-state index in [1.807, 2.05) is 6.07 Å². The highest BCUT2D eigenvalue weighted by Crippen LogP contribution is 2.28. The number of aromatic nitrogens is 2. The quantitative estimate of drug-likeness (QED) is 0.746. The SMILES string of the molecule is Cc1ccc(C#N)cc1-n1c(N)nc2ccc(F)c(F)c21. The molecule has 0 amide bonds. The molecule has 0 spiro atoms. The Kier molecular flexibility index (Phi) is 2.84. The van der Waals surface area contributed by atoms with Gasteiger partial charge in [0, 0.05) is 0 Å². The number of benzene rings is 2. The van der Waals surface area contributed by atoms with Crippen molar-refractivity contribution in [2.45, 2.75) is 6.92 Å². The van der Waals surface area contributed by atoms with E-state index >= 15 is 0 Å². The van der Waals surface area contributed by atoms with Crippen molar-refractivity contribution in [2.75, 3.05) is 5.73 Å². The molecule has 0 unspecified atom stereocenters. The van der Waals surface area contributed by atoms with Crippen molar-refractivity contribution in [1.29, 1.82) is 5.26 Å². The van der Waals surface area contributed by atoms with Crippen LogP contribution in [0, 0.1) is 29.9 Å². The van der Waals surface area contributed by atoms with Crippen LogP contribution in [0.1, 0.15) is 11.1 Å². The van der Waals surface area contributed by atoms with Gasteiger partial charge >= 0.3 is 0 Å². The molecule has 3 rings (SSSR count). The van der Waals surface area contributed by atoms with E-state index in [2.05, 4.69) is 4.98 Å². The first-order valence-corrected chi connectivity index (χ1v) is 6.16. The number of rotatable bonds is 1. The van der Waals surface area contributed by atoms with Gasteiger partial charge in [0.2, 0.25) is 5.95 Å². The monoisotopic (exact) mass is 284 g/mol. The van der Waals surface area contributed by atoms with Gasteiger partial charge in [0.25, 0.3) is 0 Å². The highest BCUT2D eigenvalue weighted by molar-refractivity contribution is 5.82. The molecular weight excluding hydrogens is 274 g/mol. The van der Waals surface area contributed by atoms with E-state index in [0.29, 0.717) is 11.3 Å². The number of hydrogen-bond acceptors (Lipinski definition) is 3. The molecule has 1 heterocycles. The van der Waals surface area contributed by atoms with Crippen LogP contribution in [-0.2, 0) is 0 Å². The van der Waals surface area contributed by atoms with Gasteiger partial charge in [-0.15, -0.1) is 0 Å². The summed E-state index contributed by atoms with van der Waals surface area (Å²) in [5.41, 5.74) is 7.73. The molecule has 104 valence electrons. The Morgan fingerprint density at radius 3 is 2.71 bits per heavy atom. The molecule has 6 heteroatoms. The second-order valence-electron chi connectivity index (χ2n) is 4.65. The summed E-state index contributed by atoms with van der Waals surface area (Å²) in [6, 6.07) is 9.31. The van der Waals surface area contributed by atoms with E-state index in [1.165, 1.54) is 10.6 Å². The lowest BCUT2D eigenvalue weighted by atomic mass is 10.1. The Hall–Kier alpha value is -2.94. The average Bonchev–Trinajstić information content (AvgIpc) is 2.81. The first-order valence-electron chi connectivity index (χ1n) is 6.16. The topological polar surface area (TPSA) is 67.6 Å². The summed E-state index contributed by atoms with van der Waals surface area (Å²) in [7, 11) is 0. The van der Waals surface area contributed by atoms with Crippen molar-refractivity contribution in [3.8, 4) is 11.8 Å². The molecule has 0 bridgehead atoms. The van der Waals surface area contributed by atoms with Crippen LogP contribution in [-0.4, -0.2) is 9.55 Å². The minimum Gasteiger partial charge on any atom is -0.369 e. The molecule has 0 fully saturated rings. The van der Waals surface area contributed by atoms with Crippen LogP contribution in [0.5, 0.6) is 0 Å². The molecule has 4 nitrogen and oxygen atoms in total. The fourth-order valence-corrected chi connectivity index (χ4v) is 2.28. The lowest BCUT2D eigenvalue weighted by Gasteiger charge is -2.11. The van der Waals surface area contributed by atoms with Crippen LogP contribution >= 0.6 is 0 Å². The third-order valence-corrected chi connectivity index (χ3v) is 3.31. The maximum absolute atomic E-state index is 14.1. The van der Waals surface area contributed by atoms with Gasteiger partial charge in [-0.3, -0.25) is 4.57 Å². The van der Waals surface area contributed by atoms with Crippen molar-refractivity contribution in [2.24, 2.45) is 0 Å². The highest BCUT2D eigenvalue weighted by atomic mass is 19.2. The van der Waals surface area contributed by atoms with Gasteiger partial charge in [0.1, 0.15) is 5.52 Å². The fraction of sp³-hybridized carbons (Fsp3) is 0.0667. The van der Waals surface area contributed by atoms with Gasteiger partial charge in [0.05, 0.1) is 22.8 Å². The van der Waals surface area contributed by atoms with E-state index in [4.69, 9.17) is 11.0 Å². The normalized spacial score (nSPS) is 10.8. The largest absolute Gasteiger partial charge is 0.369 e. The predicted octanol–water partition coefficient (Wildman–Crippen LogP) is 3.07. The number of aryl methyl sites for hydroxylation is 1. The minimum absolute atomic E-state index is 0.0349. The lowest BCUT2D eigenvalue weighted by molar-refractivity contribution is 0.514. The highest BCUT2D eigenvalue weighted by Gasteiger charge is 2.18. The average molecular weight is 284 g/mol. The minimum atomic E-state index is -1.02. The van der Waals surface area contributed by atoms with Gasteiger partial charge in [-0.2, -0.15) is 5.26 Å². The first kappa shape index (κ1) is 13.1. The second-order valence-corrected chi connectivity index (χ2v) is 4.65. The summed E-state index contributed by atoms with van der Waals surface area (Å²) in [4.78, 5) is 4.04. The Labute approximate surface area is 119 Å². The molecule has 0 aliphatic heterocycles. The molecule has 1 aromatic heterocycles. The molecule has 21 heavy (non-hydrogen) atoms. The van der Waals surface area contributed by atoms with Crippen LogP contribution in [0.2, 0.25) is 0 Å². The van der Waals surface area contributed by atoms with Crippen LogP contribution in [0.4, 0.5) is 14.7 Å². The molecule has 2 aromatic carbocycles. The van der Waals surface area contributed by atoms with E-state index in [1.54, 1.807) is 25.1 Å². The maximum atomic E-state index is 14.1. The lowest BCUT2D eigenvalue weighted by Crippen LogP contribution is -2.04. The molecule has 0 atom stereocenters. The van der Waals surface area contributed by atoms with Crippen molar-refractivity contribution < 1.29 is 8.78 Å². The zero-order valence-corrected chi connectivity index (χ0v) is 11.1. The number of nitrogens with two attached hydrogens (primary N) is 1. The Morgan fingerprint density at radius 1 is 1.24 bits per heavy atom. The Bertz CT molecular complexity index is 906. The van der Waals surface area contributed by atoms with Crippen LogP contribution in [0.15, 0.2) is 30.3 Å². The zero-order valence-electron chi connectivity index (χ0n) is 11.1. The van der Waals surface area contributed by atoms with Gasteiger partial charge in [0.15, 0.2) is 11.6 Å². The molecule has 0 aliphatic rings. The molecular formula is C15H10F2N4. The van der Waals surface area contributed by atoms with Gasteiger partial charge in [-0.05, 0) is 36.8 Å². The van der Waals surface area contributed by atoms with E-state index in [0.717, 1.165) is 11.6 Å². The fourth-order valence-electron chi connectivity index (χ4n) is 2.28. The predicted molar refractivity (Wildman–Crippen MR) is 74.9 cm³/mol. The Morgan fingerprint density at radius 2 is 2.00 bits per heavy atom. The summed E-state index contributed by atoms with van der Waals surface area (Å²) in [6.07, 6.45) is 0. The summed E-state index contributed by atoms with van der Waals surface area (Å²) < 4.78 is 28.9. The molecule has 0 aliphatic carbocycles. The molecule has 2 N–H and O–H groups in total. The van der Waals surface area contributed by atoms with E-state index in [-0.39, 0.29) is 17.0 Å². The zero-order chi connectivity index (χ0) is 15.1. The summed E-state index contributed by atoms with van der Waals surface area (Å²) in [5.74, 6) is -1.95. The van der Waals surface area contributed by atoms with Gasteiger partial charge in [-0.1, -0.05) is 6.07 Å². The third kappa shape index (κ3) is 1.91. The third-order valence-electron chi connectivity index (χ3n) is 3.31. The maximum Gasteiger partial charge on any atom is 0.206 e.